The highest BCUT2D eigenvalue weighted by Gasteiger charge is 2.37. The second-order valence-electron chi connectivity index (χ2n) is 5.65. The Kier molecular flexibility index (Phi) is 3.34. The van der Waals surface area contributed by atoms with Crippen LogP contribution in [0.25, 0.3) is 0 Å². The number of nitrogens with one attached hydrogen (secondary N) is 1. The van der Waals surface area contributed by atoms with Crippen LogP contribution in [0.5, 0.6) is 0 Å². The van der Waals surface area contributed by atoms with Crippen LogP contribution in [0, 0.1) is 17.8 Å². The number of likely N-dealkylation sites (tertiary alicyclic amines) is 1. The summed E-state index contributed by atoms with van der Waals surface area (Å²) in [4.78, 5) is 14.5. The smallest absolute Gasteiger partial charge is 0.225 e. The van der Waals surface area contributed by atoms with Gasteiger partial charge in [0, 0.05) is 31.5 Å². The van der Waals surface area contributed by atoms with Gasteiger partial charge in [-0.3, -0.25) is 4.79 Å². The number of amides is 1. The van der Waals surface area contributed by atoms with Gasteiger partial charge < -0.3 is 15.0 Å². The highest BCUT2D eigenvalue weighted by Crippen LogP contribution is 2.30. The molecule has 96 valence electrons. The summed E-state index contributed by atoms with van der Waals surface area (Å²) in [7, 11) is 0. The molecule has 0 aromatic carbocycles. The van der Waals surface area contributed by atoms with Crippen molar-refractivity contribution in [2.75, 3.05) is 39.4 Å². The molecule has 0 radical (unpaired) electrons. The number of rotatable bonds is 1. The standard InChI is InChI=1S/C13H22N2O2/c16-13(10-1-4-14-5-2-10)15-6-3-11-8-17-9-12(11)7-15/h10-12,14H,1-9H2/t11-,12+/m1/s1. The van der Waals surface area contributed by atoms with Crippen LogP contribution in [0.1, 0.15) is 19.3 Å². The molecular formula is C13H22N2O2. The average molecular weight is 238 g/mol. The van der Waals surface area contributed by atoms with Crippen LogP contribution in [-0.4, -0.2) is 50.2 Å². The molecular weight excluding hydrogens is 216 g/mol. The van der Waals surface area contributed by atoms with Crippen molar-refractivity contribution < 1.29 is 9.53 Å². The van der Waals surface area contributed by atoms with Gasteiger partial charge in [0.2, 0.25) is 5.91 Å². The molecule has 0 bridgehead atoms. The number of nitrogens with zero attached hydrogens (tertiary/aromatic N) is 1. The van der Waals surface area contributed by atoms with Crippen molar-refractivity contribution in [3.05, 3.63) is 0 Å². The fourth-order valence-electron chi connectivity index (χ4n) is 3.39. The molecule has 2 atom stereocenters. The van der Waals surface area contributed by atoms with Crippen molar-refractivity contribution in [3.63, 3.8) is 0 Å². The Hall–Kier alpha value is -0.610. The molecule has 3 aliphatic heterocycles. The summed E-state index contributed by atoms with van der Waals surface area (Å²) in [5, 5.41) is 3.32. The van der Waals surface area contributed by atoms with E-state index in [4.69, 9.17) is 4.74 Å². The Morgan fingerprint density at radius 1 is 1.12 bits per heavy atom. The maximum absolute atomic E-state index is 12.4. The van der Waals surface area contributed by atoms with Gasteiger partial charge in [-0.05, 0) is 38.3 Å². The van der Waals surface area contributed by atoms with Gasteiger partial charge in [0.05, 0.1) is 6.61 Å². The molecule has 0 aromatic rings. The van der Waals surface area contributed by atoms with Crippen LogP contribution in [0.2, 0.25) is 0 Å². The first-order valence-electron chi connectivity index (χ1n) is 6.92. The molecule has 3 rings (SSSR count). The highest BCUT2D eigenvalue weighted by atomic mass is 16.5. The lowest BCUT2D eigenvalue weighted by atomic mass is 9.87. The largest absolute Gasteiger partial charge is 0.381 e. The first-order valence-corrected chi connectivity index (χ1v) is 6.92. The molecule has 17 heavy (non-hydrogen) atoms. The first kappa shape index (κ1) is 11.5. The van der Waals surface area contributed by atoms with Crippen LogP contribution in [0.3, 0.4) is 0 Å². The summed E-state index contributed by atoms with van der Waals surface area (Å²) in [6, 6.07) is 0. The number of hydrogen-bond donors (Lipinski definition) is 1. The Labute approximate surface area is 103 Å². The van der Waals surface area contributed by atoms with Gasteiger partial charge in [0.25, 0.3) is 0 Å². The quantitative estimate of drug-likeness (QED) is 0.722. The van der Waals surface area contributed by atoms with Crippen molar-refractivity contribution in [2.45, 2.75) is 19.3 Å². The molecule has 4 nitrogen and oxygen atoms in total. The summed E-state index contributed by atoms with van der Waals surface area (Å²) in [6.45, 7) is 5.67. The summed E-state index contributed by atoms with van der Waals surface area (Å²) < 4.78 is 5.52. The van der Waals surface area contributed by atoms with Gasteiger partial charge in [0.15, 0.2) is 0 Å². The van der Waals surface area contributed by atoms with Crippen LogP contribution in [0.4, 0.5) is 0 Å². The number of fused-ring (bicyclic) bond motifs is 1. The Bertz CT molecular complexity index is 289. The van der Waals surface area contributed by atoms with Gasteiger partial charge in [-0.15, -0.1) is 0 Å². The van der Waals surface area contributed by atoms with Crippen LogP contribution in [-0.2, 0) is 9.53 Å². The third kappa shape index (κ3) is 2.33. The zero-order valence-electron chi connectivity index (χ0n) is 10.4. The van der Waals surface area contributed by atoms with Crippen LogP contribution >= 0.6 is 0 Å². The number of ether oxygens (including phenoxy) is 1. The predicted octanol–water partition coefficient (Wildman–Crippen LogP) is 0.481. The summed E-state index contributed by atoms with van der Waals surface area (Å²) in [6.07, 6.45) is 3.17. The highest BCUT2D eigenvalue weighted by molar-refractivity contribution is 5.79. The van der Waals surface area contributed by atoms with E-state index in [1.807, 2.05) is 0 Å². The Morgan fingerprint density at radius 3 is 2.71 bits per heavy atom. The van der Waals surface area contributed by atoms with Crippen LogP contribution < -0.4 is 5.32 Å². The van der Waals surface area contributed by atoms with Crippen molar-refractivity contribution in [1.29, 1.82) is 0 Å². The fraction of sp³-hybridized carbons (Fsp3) is 0.923. The molecule has 3 aliphatic rings. The molecule has 0 spiro atoms. The minimum atomic E-state index is 0.273. The van der Waals surface area contributed by atoms with E-state index < -0.39 is 0 Å². The third-order valence-corrected chi connectivity index (χ3v) is 4.56. The van der Waals surface area contributed by atoms with E-state index in [0.717, 1.165) is 58.7 Å². The molecule has 0 saturated carbocycles. The minimum absolute atomic E-state index is 0.273. The maximum atomic E-state index is 12.4. The van der Waals surface area contributed by atoms with Gasteiger partial charge >= 0.3 is 0 Å². The van der Waals surface area contributed by atoms with Gasteiger partial charge in [-0.25, -0.2) is 0 Å². The lowest BCUT2D eigenvalue weighted by Crippen LogP contribution is -2.47. The van der Waals surface area contributed by atoms with Gasteiger partial charge in [-0.1, -0.05) is 0 Å². The number of piperidine rings is 2. The molecule has 1 N–H and O–H groups in total. The van der Waals surface area contributed by atoms with E-state index in [1.165, 1.54) is 0 Å². The second-order valence-corrected chi connectivity index (χ2v) is 5.65. The molecule has 3 saturated heterocycles. The van der Waals surface area contributed by atoms with Crippen molar-refractivity contribution in [1.82, 2.24) is 10.2 Å². The molecule has 0 unspecified atom stereocenters. The number of carbonyl (C=O) groups is 1. The molecule has 0 aliphatic carbocycles. The van der Waals surface area contributed by atoms with E-state index in [1.54, 1.807) is 0 Å². The number of carbonyl (C=O) groups excluding carboxylic acids is 1. The zero-order valence-corrected chi connectivity index (χ0v) is 10.4. The zero-order chi connectivity index (χ0) is 11.7. The lowest BCUT2D eigenvalue weighted by molar-refractivity contribution is -0.138. The Balaban J connectivity index is 1.58. The normalized spacial score (nSPS) is 34.7. The van der Waals surface area contributed by atoms with E-state index in [0.29, 0.717) is 17.7 Å². The van der Waals surface area contributed by atoms with Crippen molar-refractivity contribution in [2.24, 2.45) is 17.8 Å². The lowest BCUT2D eigenvalue weighted by Gasteiger charge is -2.36. The fourth-order valence-corrected chi connectivity index (χ4v) is 3.39. The molecule has 1 amide bonds. The number of hydrogen-bond acceptors (Lipinski definition) is 3. The predicted molar refractivity (Wildman–Crippen MR) is 64.6 cm³/mol. The Morgan fingerprint density at radius 2 is 1.88 bits per heavy atom. The summed E-state index contributed by atoms with van der Waals surface area (Å²) in [5.41, 5.74) is 0. The molecule has 4 heteroatoms. The van der Waals surface area contributed by atoms with Gasteiger partial charge in [-0.2, -0.15) is 0 Å². The molecule has 3 heterocycles. The van der Waals surface area contributed by atoms with Gasteiger partial charge in [0.1, 0.15) is 0 Å². The molecule has 3 fully saturated rings. The second kappa shape index (κ2) is 4.94. The summed E-state index contributed by atoms with van der Waals surface area (Å²) in [5.74, 6) is 1.99. The van der Waals surface area contributed by atoms with Crippen LogP contribution in [0.15, 0.2) is 0 Å². The third-order valence-electron chi connectivity index (χ3n) is 4.56. The minimum Gasteiger partial charge on any atom is -0.381 e. The topological polar surface area (TPSA) is 41.6 Å². The van der Waals surface area contributed by atoms with E-state index >= 15 is 0 Å². The van der Waals surface area contributed by atoms with E-state index in [-0.39, 0.29) is 5.92 Å². The maximum Gasteiger partial charge on any atom is 0.225 e. The average Bonchev–Trinajstić information content (AvgIpc) is 2.86. The van der Waals surface area contributed by atoms with Crippen molar-refractivity contribution >= 4 is 5.91 Å². The SMILES string of the molecule is O=C(C1CCNCC1)N1CC[C@@H]2COC[C@@H]2C1. The van der Waals surface area contributed by atoms with E-state index in [9.17, 15) is 4.79 Å². The first-order chi connectivity index (χ1) is 8.34. The summed E-state index contributed by atoms with van der Waals surface area (Å²) >= 11 is 0. The molecule has 0 aromatic heterocycles. The monoisotopic (exact) mass is 238 g/mol. The van der Waals surface area contributed by atoms with E-state index in [2.05, 4.69) is 10.2 Å². The van der Waals surface area contributed by atoms with Crippen molar-refractivity contribution in [3.8, 4) is 0 Å².